The lowest BCUT2D eigenvalue weighted by Crippen LogP contribution is -2.03. The number of nitrogens with zero attached hydrogens (tertiary/aromatic N) is 2. The van der Waals surface area contributed by atoms with Crippen molar-refractivity contribution in [3.8, 4) is 6.07 Å². The minimum atomic E-state index is -0.512. The van der Waals surface area contributed by atoms with Crippen LogP contribution in [-0.4, -0.2) is 18.5 Å². The van der Waals surface area contributed by atoms with Crippen LogP contribution < -0.4 is 5.32 Å². The van der Waals surface area contributed by atoms with E-state index < -0.39 is 4.92 Å². The number of rotatable bonds is 4. The van der Waals surface area contributed by atoms with E-state index in [1.54, 1.807) is 12.1 Å². The summed E-state index contributed by atoms with van der Waals surface area (Å²) < 4.78 is 0. The molecule has 16 heavy (non-hydrogen) atoms. The Balaban J connectivity index is 3.03. The molecule has 1 rings (SSSR count). The first kappa shape index (κ1) is 11.9. The molecular formula is C11H11N3O2. The van der Waals surface area contributed by atoms with Crippen LogP contribution >= 0.6 is 0 Å². The number of hydrogen-bond acceptors (Lipinski definition) is 4. The van der Waals surface area contributed by atoms with E-state index in [2.05, 4.69) is 5.32 Å². The minimum Gasteiger partial charge on any atom is -0.316 e. The van der Waals surface area contributed by atoms with Crippen LogP contribution in [0.15, 0.2) is 24.3 Å². The minimum absolute atomic E-state index is 0.0673. The van der Waals surface area contributed by atoms with E-state index in [4.69, 9.17) is 5.26 Å². The summed E-state index contributed by atoms with van der Waals surface area (Å²) in [6.07, 6.45) is 3.61. The maximum absolute atomic E-state index is 10.5. The molecule has 0 aliphatic rings. The number of non-ortho nitro benzene ring substituents is 1. The summed E-state index contributed by atoms with van der Waals surface area (Å²) in [6, 6.07) is 6.18. The first-order chi connectivity index (χ1) is 7.69. The highest BCUT2D eigenvalue weighted by Crippen LogP contribution is 2.18. The van der Waals surface area contributed by atoms with Crippen LogP contribution in [0.1, 0.15) is 11.1 Å². The molecule has 0 heterocycles. The first-order valence-electron chi connectivity index (χ1n) is 4.68. The van der Waals surface area contributed by atoms with Crippen LogP contribution in [-0.2, 0) is 0 Å². The van der Waals surface area contributed by atoms with Gasteiger partial charge in [-0.25, -0.2) is 0 Å². The number of nitro benzene ring substituents is 1. The van der Waals surface area contributed by atoms with Crippen molar-refractivity contribution >= 4 is 11.8 Å². The maximum atomic E-state index is 10.5. The van der Waals surface area contributed by atoms with Crippen molar-refractivity contribution in [2.24, 2.45) is 0 Å². The Labute approximate surface area is 93.2 Å². The molecular weight excluding hydrogens is 206 g/mol. The molecule has 0 amide bonds. The van der Waals surface area contributed by atoms with E-state index in [0.717, 1.165) is 0 Å². The second-order valence-electron chi connectivity index (χ2n) is 3.10. The standard InChI is InChI=1S/C11H11N3O2/c1-13-6-2-3-9-4-5-11(14(15)16)7-10(9)8-12/h2-5,7,13H,6H2,1H3. The molecule has 0 unspecified atom stereocenters. The molecule has 0 spiro atoms. The molecule has 0 aliphatic carbocycles. The topological polar surface area (TPSA) is 79.0 Å². The zero-order valence-electron chi connectivity index (χ0n) is 8.80. The van der Waals surface area contributed by atoms with Gasteiger partial charge < -0.3 is 5.32 Å². The third-order valence-corrected chi connectivity index (χ3v) is 1.99. The Morgan fingerprint density at radius 1 is 1.62 bits per heavy atom. The Morgan fingerprint density at radius 2 is 2.38 bits per heavy atom. The second-order valence-corrected chi connectivity index (χ2v) is 3.10. The predicted molar refractivity (Wildman–Crippen MR) is 60.8 cm³/mol. The molecule has 0 saturated heterocycles. The smallest absolute Gasteiger partial charge is 0.270 e. The molecule has 1 aromatic rings. The molecule has 0 saturated carbocycles. The number of nitrogens with one attached hydrogen (secondary N) is 1. The third kappa shape index (κ3) is 2.90. The average Bonchev–Trinajstić information content (AvgIpc) is 2.29. The van der Waals surface area contributed by atoms with Crippen molar-refractivity contribution in [3.63, 3.8) is 0 Å². The maximum Gasteiger partial charge on any atom is 0.270 e. The van der Waals surface area contributed by atoms with Crippen molar-refractivity contribution in [3.05, 3.63) is 45.5 Å². The Morgan fingerprint density at radius 3 is 2.94 bits per heavy atom. The highest BCUT2D eigenvalue weighted by molar-refractivity contribution is 5.60. The first-order valence-corrected chi connectivity index (χ1v) is 4.68. The quantitative estimate of drug-likeness (QED) is 0.615. The molecule has 0 aromatic heterocycles. The summed E-state index contributed by atoms with van der Waals surface area (Å²) >= 11 is 0. The summed E-state index contributed by atoms with van der Waals surface area (Å²) in [5, 5.41) is 22.3. The van der Waals surface area contributed by atoms with Gasteiger partial charge in [-0.05, 0) is 18.7 Å². The molecule has 0 atom stereocenters. The van der Waals surface area contributed by atoms with Crippen LogP contribution in [0.5, 0.6) is 0 Å². The summed E-state index contributed by atoms with van der Waals surface area (Å²) in [5.41, 5.74) is 0.923. The van der Waals surface area contributed by atoms with Gasteiger partial charge >= 0.3 is 0 Å². The number of likely N-dealkylation sites (N-methyl/N-ethyl adjacent to an activating group) is 1. The van der Waals surface area contributed by atoms with E-state index in [1.165, 1.54) is 12.1 Å². The third-order valence-electron chi connectivity index (χ3n) is 1.99. The van der Waals surface area contributed by atoms with E-state index in [0.29, 0.717) is 17.7 Å². The van der Waals surface area contributed by atoms with E-state index in [9.17, 15) is 10.1 Å². The summed E-state index contributed by atoms with van der Waals surface area (Å²) in [6.45, 7) is 0.682. The van der Waals surface area contributed by atoms with Crippen molar-refractivity contribution in [2.75, 3.05) is 13.6 Å². The molecule has 1 N–H and O–H groups in total. The Bertz CT molecular complexity index is 461. The molecule has 0 aliphatic heterocycles. The van der Waals surface area contributed by atoms with Crippen LogP contribution in [0, 0.1) is 21.4 Å². The lowest BCUT2D eigenvalue weighted by Gasteiger charge is -1.98. The monoisotopic (exact) mass is 217 g/mol. The lowest BCUT2D eigenvalue weighted by molar-refractivity contribution is -0.384. The van der Waals surface area contributed by atoms with Gasteiger partial charge in [-0.15, -0.1) is 0 Å². The zero-order chi connectivity index (χ0) is 12.0. The van der Waals surface area contributed by atoms with Crippen LogP contribution in [0.25, 0.3) is 6.08 Å². The number of nitro groups is 1. The van der Waals surface area contributed by atoms with Crippen molar-refractivity contribution in [2.45, 2.75) is 0 Å². The van der Waals surface area contributed by atoms with Crippen LogP contribution in [0.4, 0.5) is 5.69 Å². The van der Waals surface area contributed by atoms with Crippen LogP contribution in [0.3, 0.4) is 0 Å². The van der Waals surface area contributed by atoms with Crippen molar-refractivity contribution in [1.82, 2.24) is 5.32 Å². The summed E-state index contributed by atoms with van der Waals surface area (Å²) in [5.74, 6) is 0. The van der Waals surface area contributed by atoms with E-state index in [1.807, 2.05) is 19.2 Å². The SMILES string of the molecule is CNCC=Cc1ccc([N+](=O)[O-])cc1C#N. The van der Waals surface area contributed by atoms with Gasteiger partial charge in [0.25, 0.3) is 5.69 Å². The molecule has 1 aromatic carbocycles. The largest absolute Gasteiger partial charge is 0.316 e. The molecule has 0 radical (unpaired) electrons. The molecule has 5 nitrogen and oxygen atoms in total. The molecule has 0 fully saturated rings. The van der Waals surface area contributed by atoms with Gasteiger partial charge in [0.05, 0.1) is 10.5 Å². The fraction of sp³-hybridized carbons (Fsp3) is 0.182. The molecule has 5 heteroatoms. The highest BCUT2D eigenvalue weighted by atomic mass is 16.6. The summed E-state index contributed by atoms with van der Waals surface area (Å²) in [4.78, 5) is 10.00. The van der Waals surface area contributed by atoms with Gasteiger partial charge in [0.2, 0.25) is 0 Å². The number of hydrogen-bond donors (Lipinski definition) is 1. The van der Waals surface area contributed by atoms with Gasteiger partial charge in [-0.2, -0.15) is 5.26 Å². The summed E-state index contributed by atoms with van der Waals surface area (Å²) in [7, 11) is 1.81. The Kier molecular flexibility index (Phi) is 4.18. The van der Waals surface area contributed by atoms with Gasteiger partial charge in [0.15, 0.2) is 0 Å². The fourth-order valence-corrected chi connectivity index (χ4v) is 1.20. The predicted octanol–water partition coefficient (Wildman–Crippen LogP) is 1.70. The van der Waals surface area contributed by atoms with Gasteiger partial charge in [-0.1, -0.05) is 12.2 Å². The van der Waals surface area contributed by atoms with Crippen molar-refractivity contribution < 1.29 is 4.92 Å². The Hall–Kier alpha value is -2.19. The second kappa shape index (κ2) is 5.63. The molecule has 0 bridgehead atoms. The number of benzene rings is 1. The van der Waals surface area contributed by atoms with E-state index in [-0.39, 0.29) is 5.69 Å². The van der Waals surface area contributed by atoms with Crippen molar-refractivity contribution in [1.29, 1.82) is 5.26 Å². The van der Waals surface area contributed by atoms with Crippen LogP contribution in [0.2, 0.25) is 0 Å². The van der Waals surface area contributed by atoms with Gasteiger partial charge in [-0.3, -0.25) is 10.1 Å². The van der Waals surface area contributed by atoms with E-state index >= 15 is 0 Å². The number of nitriles is 1. The highest BCUT2D eigenvalue weighted by Gasteiger charge is 2.08. The molecule has 82 valence electrons. The zero-order valence-corrected chi connectivity index (χ0v) is 8.80. The van der Waals surface area contributed by atoms with Gasteiger partial charge in [0.1, 0.15) is 6.07 Å². The lowest BCUT2D eigenvalue weighted by atomic mass is 10.1. The van der Waals surface area contributed by atoms with Gasteiger partial charge in [0, 0.05) is 18.7 Å². The fourth-order valence-electron chi connectivity index (χ4n) is 1.20. The normalized spacial score (nSPS) is 10.2. The average molecular weight is 217 g/mol.